The van der Waals surface area contributed by atoms with Crippen molar-refractivity contribution in [1.82, 2.24) is 0 Å². The molecule has 1 fully saturated rings. The maximum atomic E-state index is 5.32. The minimum Gasteiger partial charge on any atom is -0.493 e. The van der Waals surface area contributed by atoms with Gasteiger partial charge in [-0.1, -0.05) is 13.3 Å². The highest BCUT2D eigenvalue weighted by atomic mass is 16.5. The summed E-state index contributed by atoms with van der Waals surface area (Å²) in [6.45, 7) is 2.28. The first kappa shape index (κ1) is 13.1. The van der Waals surface area contributed by atoms with Gasteiger partial charge in [0.25, 0.3) is 0 Å². The van der Waals surface area contributed by atoms with E-state index in [0.717, 1.165) is 23.1 Å². The lowest BCUT2D eigenvalue weighted by atomic mass is 10.1. The molecule has 18 heavy (non-hydrogen) atoms. The number of nitrogens with one attached hydrogen (secondary N) is 1. The van der Waals surface area contributed by atoms with Gasteiger partial charge in [0, 0.05) is 17.8 Å². The summed E-state index contributed by atoms with van der Waals surface area (Å²) >= 11 is 0. The molecule has 2 atom stereocenters. The lowest BCUT2D eigenvalue weighted by Crippen LogP contribution is -2.15. The zero-order chi connectivity index (χ0) is 13.0. The number of hydrogen-bond acceptors (Lipinski definition) is 3. The third kappa shape index (κ3) is 2.89. The van der Waals surface area contributed by atoms with Crippen LogP contribution in [0.3, 0.4) is 0 Å². The molecular formula is C15H23NO2. The second-order valence-corrected chi connectivity index (χ2v) is 5.00. The Hall–Kier alpha value is -1.38. The Bertz CT molecular complexity index is 392. The van der Waals surface area contributed by atoms with Gasteiger partial charge >= 0.3 is 0 Å². The van der Waals surface area contributed by atoms with Crippen molar-refractivity contribution in [2.24, 2.45) is 5.92 Å². The van der Waals surface area contributed by atoms with Crippen LogP contribution in [-0.2, 0) is 0 Å². The summed E-state index contributed by atoms with van der Waals surface area (Å²) < 4.78 is 10.6. The van der Waals surface area contributed by atoms with Crippen molar-refractivity contribution < 1.29 is 9.47 Å². The summed E-state index contributed by atoms with van der Waals surface area (Å²) in [4.78, 5) is 0. The number of benzene rings is 1. The quantitative estimate of drug-likeness (QED) is 0.863. The lowest BCUT2D eigenvalue weighted by Gasteiger charge is -2.16. The van der Waals surface area contributed by atoms with Gasteiger partial charge in [0.1, 0.15) is 0 Å². The maximum absolute atomic E-state index is 5.32. The summed E-state index contributed by atoms with van der Waals surface area (Å²) in [5.41, 5.74) is 1.12. The van der Waals surface area contributed by atoms with E-state index in [9.17, 15) is 0 Å². The van der Waals surface area contributed by atoms with Crippen LogP contribution in [0.2, 0.25) is 0 Å². The van der Waals surface area contributed by atoms with Crippen LogP contribution in [0.1, 0.15) is 32.6 Å². The summed E-state index contributed by atoms with van der Waals surface area (Å²) in [5, 5.41) is 3.60. The second kappa shape index (κ2) is 5.98. The fourth-order valence-electron chi connectivity index (χ4n) is 2.74. The Morgan fingerprint density at radius 3 is 2.56 bits per heavy atom. The van der Waals surface area contributed by atoms with Gasteiger partial charge in [-0.05, 0) is 37.3 Å². The average molecular weight is 249 g/mol. The standard InChI is InChI=1S/C15H23NO2/c1-4-11-5-6-12(9-11)16-13-7-8-14(17-2)15(10-13)18-3/h7-8,10-12,16H,4-6,9H2,1-3H3. The minimum atomic E-state index is 0.605. The van der Waals surface area contributed by atoms with E-state index < -0.39 is 0 Å². The highest BCUT2D eigenvalue weighted by Gasteiger charge is 2.23. The predicted octanol–water partition coefficient (Wildman–Crippen LogP) is 3.69. The first-order valence-electron chi connectivity index (χ1n) is 6.75. The smallest absolute Gasteiger partial charge is 0.162 e. The molecule has 1 saturated carbocycles. The van der Waals surface area contributed by atoms with Crippen molar-refractivity contribution in [3.63, 3.8) is 0 Å². The molecule has 0 spiro atoms. The molecule has 2 unspecified atom stereocenters. The van der Waals surface area contributed by atoms with Crippen molar-refractivity contribution in [1.29, 1.82) is 0 Å². The molecule has 3 nitrogen and oxygen atoms in total. The van der Waals surface area contributed by atoms with Gasteiger partial charge in [-0.15, -0.1) is 0 Å². The van der Waals surface area contributed by atoms with Crippen LogP contribution in [0.5, 0.6) is 11.5 Å². The van der Waals surface area contributed by atoms with E-state index >= 15 is 0 Å². The first-order chi connectivity index (χ1) is 8.76. The van der Waals surface area contributed by atoms with Gasteiger partial charge in [-0.2, -0.15) is 0 Å². The lowest BCUT2D eigenvalue weighted by molar-refractivity contribution is 0.355. The van der Waals surface area contributed by atoms with Crippen molar-refractivity contribution in [3.05, 3.63) is 18.2 Å². The zero-order valence-electron chi connectivity index (χ0n) is 11.5. The Morgan fingerprint density at radius 1 is 1.17 bits per heavy atom. The molecule has 3 heteroatoms. The Morgan fingerprint density at radius 2 is 1.94 bits per heavy atom. The Kier molecular flexibility index (Phi) is 4.34. The van der Waals surface area contributed by atoms with Crippen LogP contribution in [0.25, 0.3) is 0 Å². The molecule has 0 saturated heterocycles. The summed E-state index contributed by atoms with van der Waals surface area (Å²) in [6.07, 6.45) is 5.20. The third-order valence-electron chi connectivity index (χ3n) is 3.87. The number of methoxy groups -OCH3 is 2. The van der Waals surface area contributed by atoms with Crippen molar-refractivity contribution >= 4 is 5.69 Å². The number of rotatable bonds is 5. The SMILES string of the molecule is CCC1CCC(Nc2ccc(OC)c(OC)c2)C1. The summed E-state index contributed by atoms with van der Waals surface area (Å²) in [7, 11) is 3.33. The molecule has 0 aliphatic heterocycles. The first-order valence-corrected chi connectivity index (χ1v) is 6.75. The van der Waals surface area contributed by atoms with E-state index in [0.29, 0.717) is 6.04 Å². The van der Waals surface area contributed by atoms with Crippen LogP contribution in [0.4, 0.5) is 5.69 Å². The van der Waals surface area contributed by atoms with Gasteiger partial charge in [0.2, 0.25) is 0 Å². The average Bonchev–Trinajstić information content (AvgIpc) is 2.86. The molecule has 100 valence electrons. The van der Waals surface area contributed by atoms with E-state index in [1.807, 2.05) is 12.1 Å². The van der Waals surface area contributed by atoms with Crippen molar-refractivity contribution in [2.75, 3.05) is 19.5 Å². The van der Waals surface area contributed by atoms with Crippen LogP contribution >= 0.6 is 0 Å². The van der Waals surface area contributed by atoms with Crippen LogP contribution < -0.4 is 14.8 Å². The number of ether oxygens (including phenoxy) is 2. The van der Waals surface area contributed by atoms with Gasteiger partial charge in [-0.25, -0.2) is 0 Å². The van der Waals surface area contributed by atoms with E-state index in [1.54, 1.807) is 14.2 Å². The normalized spacial score (nSPS) is 22.8. The highest BCUT2D eigenvalue weighted by Crippen LogP contribution is 2.33. The molecule has 1 aromatic rings. The Balaban J connectivity index is 2.01. The summed E-state index contributed by atoms with van der Waals surface area (Å²) in [5.74, 6) is 2.45. The van der Waals surface area contributed by atoms with Crippen molar-refractivity contribution in [3.8, 4) is 11.5 Å². The second-order valence-electron chi connectivity index (χ2n) is 5.00. The van der Waals surface area contributed by atoms with E-state index in [-0.39, 0.29) is 0 Å². The van der Waals surface area contributed by atoms with Crippen LogP contribution in [0.15, 0.2) is 18.2 Å². The van der Waals surface area contributed by atoms with E-state index in [1.165, 1.54) is 25.7 Å². The van der Waals surface area contributed by atoms with Crippen LogP contribution in [-0.4, -0.2) is 20.3 Å². The monoisotopic (exact) mass is 249 g/mol. The molecule has 0 radical (unpaired) electrons. The molecule has 1 N–H and O–H groups in total. The molecule has 0 bridgehead atoms. The highest BCUT2D eigenvalue weighted by molar-refractivity contribution is 5.55. The van der Waals surface area contributed by atoms with Gasteiger partial charge in [0.05, 0.1) is 14.2 Å². The summed E-state index contributed by atoms with van der Waals surface area (Å²) in [6, 6.07) is 6.62. The molecule has 0 heterocycles. The van der Waals surface area contributed by atoms with Crippen molar-refractivity contribution in [2.45, 2.75) is 38.6 Å². The third-order valence-corrected chi connectivity index (χ3v) is 3.87. The molecule has 0 amide bonds. The van der Waals surface area contributed by atoms with Gasteiger partial charge in [-0.3, -0.25) is 0 Å². The molecular weight excluding hydrogens is 226 g/mol. The largest absolute Gasteiger partial charge is 0.493 e. The maximum Gasteiger partial charge on any atom is 0.162 e. The fraction of sp³-hybridized carbons (Fsp3) is 0.600. The molecule has 1 aliphatic rings. The zero-order valence-corrected chi connectivity index (χ0v) is 11.5. The topological polar surface area (TPSA) is 30.5 Å². The molecule has 1 aliphatic carbocycles. The predicted molar refractivity (Wildman–Crippen MR) is 74.6 cm³/mol. The number of hydrogen-bond donors (Lipinski definition) is 1. The van der Waals surface area contributed by atoms with E-state index in [4.69, 9.17) is 9.47 Å². The fourth-order valence-corrected chi connectivity index (χ4v) is 2.74. The van der Waals surface area contributed by atoms with Gasteiger partial charge in [0.15, 0.2) is 11.5 Å². The number of anilines is 1. The van der Waals surface area contributed by atoms with Crippen LogP contribution in [0, 0.1) is 5.92 Å². The molecule has 1 aromatic carbocycles. The Labute approximate surface area is 109 Å². The van der Waals surface area contributed by atoms with E-state index in [2.05, 4.69) is 18.3 Å². The molecule has 2 rings (SSSR count). The molecule has 0 aromatic heterocycles. The minimum absolute atomic E-state index is 0.605. The van der Waals surface area contributed by atoms with Gasteiger partial charge < -0.3 is 14.8 Å².